The van der Waals surface area contributed by atoms with E-state index in [1.165, 1.54) is 161 Å². The lowest BCUT2D eigenvalue weighted by Gasteiger charge is -2.18. The van der Waals surface area contributed by atoms with Crippen LogP contribution < -0.4 is 0 Å². The van der Waals surface area contributed by atoms with Crippen molar-refractivity contribution in [1.82, 2.24) is 0 Å². The van der Waals surface area contributed by atoms with Crippen LogP contribution in [0, 0.1) is 0 Å². The van der Waals surface area contributed by atoms with E-state index in [4.69, 9.17) is 14.2 Å². The first-order valence-corrected chi connectivity index (χ1v) is 28.3. The molecule has 0 aromatic carbocycles. The molecular weight excluding hydrogens is 817 g/mol. The van der Waals surface area contributed by atoms with Crippen LogP contribution in [-0.2, 0) is 28.6 Å². The number of hydrogen-bond donors (Lipinski definition) is 0. The average molecular weight is 924 g/mol. The number of hydrogen-bond acceptors (Lipinski definition) is 6. The summed E-state index contributed by atoms with van der Waals surface area (Å²) in [7, 11) is 0. The Bertz CT molecular complexity index is 1200. The van der Waals surface area contributed by atoms with Crippen LogP contribution in [0.2, 0.25) is 0 Å². The Kier molecular flexibility index (Phi) is 52.3. The Morgan fingerprint density at radius 3 is 0.970 bits per heavy atom. The molecule has 0 amide bonds. The standard InChI is InChI=1S/C60H106O6/c1-4-7-10-13-16-18-20-22-24-25-26-27-28-29-30-31-32-33-34-35-37-38-40-42-44-47-50-53-59(62)65-56-57(55-64-58(61)52-49-46-15-12-9-6-3)66-60(63)54-51-48-45-43-41-39-36-23-21-19-17-14-11-8-5-2/h8,11,17,19,23,25-26,36,41,43,57H,4-7,9-10,12-16,18,20-22,24,27-35,37-40,42,44-56H2,1-3H3/b11-8-,19-17-,26-25-,36-23-,43-41-. The van der Waals surface area contributed by atoms with Gasteiger partial charge in [0.05, 0.1) is 0 Å². The SMILES string of the molecule is CC/C=C\C/C=C\C/C=C\C/C=C\CCCCC(=O)OC(COC(=O)CCCCCCCC)COC(=O)CCCCCCCCCCCCCCCCC/C=C\CCCCCCCCCC. The van der Waals surface area contributed by atoms with Crippen LogP contribution in [0.25, 0.3) is 0 Å². The monoisotopic (exact) mass is 923 g/mol. The summed E-state index contributed by atoms with van der Waals surface area (Å²) in [5.41, 5.74) is 0. The van der Waals surface area contributed by atoms with Crippen molar-refractivity contribution in [2.24, 2.45) is 0 Å². The molecular formula is C60H106O6. The molecule has 0 rings (SSSR count). The van der Waals surface area contributed by atoms with E-state index in [1.807, 2.05) is 0 Å². The molecule has 6 nitrogen and oxygen atoms in total. The summed E-state index contributed by atoms with van der Waals surface area (Å²) in [6, 6.07) is 0. The summed E-state index contributed by atoms with van der Waals surface area (Å²) >= 11 is 0. The van der Waals surface area contributed by atoms with Gasteiger partial charge >= 0.3 is 17.9 Å². The molecule has 0 N–H and O–H groups in total. The second kappa shape index (κ2) is 54.7. The topological polar surface area (TPSA) is 78.9 Å². The highest BCUT2D eigenvalue weighted by Gasteiger charge is 2.19. The third-order valence-electron chi connectivity index (χ3n) is 12.3. The predicted molar refractivity (Wildman–Crippen MR) is 284 cm³/mol. The largest absolute Gasteiger partial charge is 0.462 e. The summed E-state index contributed by atoms with van der Waals surface area (Å²) in [4.78, 5) is 37.8. The summed E-state index contributed by atoms with van der Waals surface area (Å²) in [5, 5.41) is 0. The van der Waals surface area contributed by atoms with Crippen LogP contribution in [0.15, 0.2) is 60.8 Å². The van der Waals surface area contributed by atoms with E-state index in [-0.39, 0.29) is 37.5 Å². The fourth-order valence-electron chi connectivity index (χ4n) is 8.02. The highest BCUT2D eigenvalue weighted by Crippen LogP contribution is 2.16. The van der Waals surface area contributed by atoms with Gasteiger partial charge < -0.3 is 14.2 Å². The molecule has 382 valence electrons. The number of allylic oxidation sites excluding steroid dienone is 10. The van der Waals surface area contributed by atoms with Crippen LogP contribution >= 0.6 is 0 Å². The van der Waals surface area contributed by atoms with E-state index < -0.39 is 6.10 Å². The van der Waals surface area contributed by atoms with Gasteiger partial charge in [-0.2, -0.15) is 0 Å². The molecule has 66 heavy (non-hydrogen) atoms. The van der Waals surface area contributed by atoms with Crippen molar-refractivity contribution in [3.8, 4) is 0 Å². The van der Waals surface area contributed by atoms with Gasteiger partial charge in [0, 0.05) is 19.3 Å². The van der Waals surface area contributed by atoms with E-state index in [1.54, 1.807) is 0 Å². The zero-order valence-corrected chi connectivity index (χ0v) is 43.7. The second-order valence-electron chi connectivity index (χ2n) is 18.8. The van der Waals surface area contributed by atoms with Crippen LogP contribution in [-0.4, -0.2) is 37.2 Å². The van der Waals surface area contributed by atoms with E-state index >= 15 is 0 Å². The third-order valence-corrected chi connectivity index (χ3v) is 12.3. The van der Waals surface area contributed by atoms with Gasteiger partial charge in [-0.1, -0.05) is 242 Å². The Balaban J connectivity index is 4.08. The Morgan fingerprint density at radius 1 is 0.318 bits per heavy atom. The maximum atomic E-state index is 12.7. The van der Waals surface area contributed by atoms with Crippen LogP contribution in [0.5, 0.6) is 0 Å². The zero-order chi connectivity index (χ0) is 47.9. The highest BCUT2D eigenvalue weighted by atomic mass is 16.6. The smallest absolute Gasteiger partial charge is 0.306 e. The minimum atomic E-state index is -0.791. The summed E-state index contributed by atoms with van der Waals surface area (Å²) in [5.74, 6) is -0.934. The van der Waals surface area contributed by atoms with Crippen molar-refractivity contribution < 1.29 is 28.6 Å². The first-order valence-electron chi connectivity index (χ1n) is 28.3. The summed E-state index contributed by atoms with van der Waals surface area (Å²) in [6.07, 6.45) is 68.4. The Hall–Kier alpha value is -2.89. The van der Waals surface area contributed by atoms with Gasteiger partial charge in [-0.05, 0) is 83.5 Å². The highest BCUT2D eigenvalue weighted by molar-refractivity contribution is 5.71. The van der Waals surface area contributed by atoms with Crippen LogP contribution in [0.1, 0.15) is 284 Å². The van der Waals surface area contributed by atoms with Crippen LogP contribution in [0.4, 0.5) is 0 Å². The van der Waals surface area contributed by atoms with Gasteiger partial charge in [0.15, 0.2) is 6.10 Å². The third kappa shape index (κ3) is 52.1. The molecule has 6 heteroatoms. The number of unbranched alkanes of at least 4 members (excludes halogenated alkanes) is 30. The van der Waals surface area contributed by atoms with Gasteiger partial charge in [-0.25, -0.2) is 0 Å². The van der Waals surface area contributed by atoms with E-state index in [9.17, 15) is 14.4 Å². The first-order chi connectivity index (χ1) is 32.5. The Morgan fingerprint density at radius 2 is 0.591 bits per heavy atom. The van der Waals surface area contributed by atoms with Crippen molar-refractivity contribution in [2.75, 3.05) is 13.2 Å². The molecule has 0 aliphatic rings. The van der Waals surface area contributed by atoms with Crippen LogP contribution in [0.3, 0.4) is 0 Å². The minimum absolute atomic E-state index is 0.0891. The molecule has 0 saturated heterocycles. The molecule has 0 heterocycles. The van der Waals surface area contributed by atoms with Crippen molar-refractivity contribution >= 4 is 17.9 Å². The molecule has 0 aromatic rings. The molecule has 0 aliphatic carbocycles. The average Bonchev–Trinajstić information content (AvgIpc) is 3.31. The quantitative estimate of drug-likeness (QED) is 0.0262. The molecule has 0 saturated carbocycles. The maximum absolute atomic E-state index is 12.7. The van der Waals surface area contributed by atoms with E-state index in [0.29, 0.717) is 19.3 Å². The Labute approximate surface area is 409 Å². The number of carbonyl (C=O) groups excluding carboxylic acids is 3. The van der Waals surface area contributed by atoms with Crippen molar-refractivity contribution in [3.63, 3.8) is 0 Å². The van der Waals surface area contributed by atoms with Crippen molar-refractivity contribution in [2.45, 2.75) is 290 Å². The van der Waals surface area contributed by atoms with Crippen molar-refractivity contribution in [1.29, 1.82) is 0 Å². The number of rotatable bonds is 51. The van der Waals surface area contributed by atoms with E-state index in [0.717, 1.165) is 77.0 Å². The summed E-state index contributed by atoms with van der Waals surface area (Å²) in [6.45, 7) is 6.45. The fraction of sp³-hybridized carbons (Fsp3) is 0.783. The fourth-order valence-corrected chi connectivity index (χ4v) is 8.02. The van der Waals surface area contributed by atoms with Gasteiger partial charge in [0.1, 0.15) is 13.2 Å². The molecule has 0 fully saturated rings. The number of ether oxygens (including phenoxy) is 3. The second-order valence-corrected chi connectivity index (χ2v) is 18.8. The molecule has 1 unspecified atom stereocenters. The lowest BCUT2D eigenvalue weighted by atomic mass is 10.0. The van der Waals surface area contributed by atoms with Gasteiger partial charge in [-0.3, -0.25) is 14.4 Å². The minimum Gasteiger partial charge on any atom is -0.462 e. The summed E-state index contributed by atoms with van der Waals surface area (Å²) < 4.78 is 16.7. The lowest BCUT2D eigenvalue weighted by Crippen LogP contribution is -2.30. The van der Waals surface area contributed by atoms with Gasteiger partial charge in [-0.15, -0.1) is 0 Å². The molecule has 1 atom stereocenters. The molecule has 0 aromatic heterocycles. The first kappa shape index (κ1) is 63.1. The molecule has 0 bridgehead atoms. The van der Waals surface area contributed by atoms with Gasteiger partial charge in [0.25, 0.3) is 0 Å². The molecule has 0 aliphatic heterocycles. The van der Waals surface area contributed by atoms with Crippen molar-refractivity contribution in [3.05, 3.63) is 60.8 Å². The van der Waals surface area contributed by atoms with Gasteiger partial charge in [0.2, 0.25) is 0 Å². The normalized spacial score (nSPS) is 12.5. The maximum Gasteiger partial charge on any atom is 0.306 e. The number of esters is 3. The predicted octanol–water partition coefficient (Wildman–Crippen LogP) is 18.8. The molecule has 0 radical (unpaired) electrons. The lowest BCUT2D eigenvalue weighted by molar-refractivity contribution is -0.167. The molecule has 0 spiro atoms. The zero-order valence-electron chi connectivity index (χ0n) is 43.7. The number of carbonyl (C=O) groups is 3. The van der Waals surface area contributed by atoms with E-state index in [2.05, 4.69) is 81.5 Å².